The van der Waals surface area contributed by atoms with E-state index >= 15 is 0 Å². The fourth-order valence-electron chi connectivity index (χ4n) is 2.57. The molecule has 0 aliphatic carbocycles. The molecular weight excluding hydrogens is 337 g/mol. The molecule has 26 heavy (non-hydrogen) atoms. The van der Waals surface area contributed by atoms with Crippen molar-refractivity contribution in [2.45, 2.75) is 39.5 Å². The van der Waals surface area contributed by atoms with E-state index < -0.39 is 17.6 Å². The minimum Gasteiger partial charge on any atom is -0.360 e. The number of aryl methyl sites for hydroxylation is 1. The van der Waals surface area contributed by atoms with Crippen molar-refractivity contribution in [3.8, 4) is 0 Å². The zero-order chi connectivity index (χ0) is 18.9. The Labute approximate surface area is 152 Å². The number of rotatable bonds is 9. The first kappa shape index (κ1) is 19.6. The van der Waals surface area contributed by atoms with Crippen LogP contribution in [0.15, 0.2) is 34.9 Å². The molecule has 0 aliphatic rings. The van der Waals surface area contributed by atoms with Gasteiger partial charge in [0.1, 0.15) is 18.1 Å². The van der Waals surface area contributed by atoms with E-state index in [1.165, 1.54) is 23.1 Å². The first-order valence-corrected chi connectivity index (χ1v) is 8.78. The van der Waals surface area contributed by atoms with Gasteiger partial charge in [-0.15, -0.1) is 0 Å². The average molecular weight is 361 g/mol. The van der Waals surface area contributed by atoms with E-state index in [9.17, 15) is 14.0 Å². The Bertz CT molecular complexity index is 745. The average Bonchev–Trinajstić information content (AvgIpc) is 3.02. The van der Waals surface area contributed by atoms with Crippen molar-refractivity contribution in [1.29, 1.82) is 0 Å². The van der Waals surface area contributed by atoms with Crippen molar-refractivity contribution < 1.29 is 18.5 Å². The SMILES string of the molecule is CCCCCCN(CC(=O)Nc1cc(C)on1)C(=O)c1ccccc1F. The quantitative estimate of drug-likeness (QED) is 0.690. The van der Waals surface area contributed by atoms with Gasteiger partial charge in [-0.2, -0.15) is 0 Å². The number of anilines is 1. The molecular formula is C19H24FN3O3. The molecule has 0 unspecified atom stereocenters. The molecule has 1 aromatic carbocycles. The van der Waals surface area contributed by atoms with Crippen molar-refractivity contribution in [2.75, 3.05) is 18.4 Å². The summed E-state index contributed by atoms with van der Waals surface area (Å²) in [6.07, 6.45) is 3.81. The van der Waals surface area contributed by atoms with Crippen molar-refractivity contribution in [2.24, 2.45) is 0 Å². The molecule has 1 N–H and O–H groups in total. The third-order valence-electron chi connectivity index (χ3n) is 3.90. The summed E-state index contributed by atoms with van der Waals surface area (Å²) in [7, 11) is 0. The van der Waals surface area contributed by atoms with Gasteiger partial charge >= 0.3 is 0 Å². The summed E-state index contributed by atoms with van der Waals surface area (Å²) in [6, 6.07) is 7.37. The van der Waals surface area contributed by atoms with Crippen LogP contribution in [0.3, 0.4) is 0 Å². The molecule has 7 heteroatoms. The zero-order valence-electron chi connectivity index (χ0n) is 15.1. The van der Waals surface area contributed by atoms with Crippen LogP contribution in [0, 0.1) is 12.7 Å². The highest BCUT2D eigenvalue weighted by molar-refractivity contribution is 5.99. The van der Waals surface area contributed by atoms with Gasteiger partial charge in [0.2, 0.25) is 5.91 Å². The first-order valence-electron chi connectivity index (χ1n) is 8.78. The molecule has 0 fully saturated rings. The van der Waals surface area contributed by atoms with Crippen LogP contribution in [0.2, 0.25) is 0 Å². The minimum atomic E-state index is -0.594. The zero-order valence-corrected chi connectivity index (χ0v) is 15.1. The van der Waals surface area contributed by atoms with Crippen molar-refractivity contribution >= 4 is 17.6 Å². The number of carbonyl (C=O) groups is 2. The standard InChI is InChI=1S/C19H24FN3O3/c1-3-4-5-8-11-23(19(25)15-9-6-7-10-16(15)20)13-18(24)21-17-12-14(2)26-22-17/h6-7,9-10,12H,3-5,8,11,13H2,1-2H3,(H,21,22,24). The molecule has 1 aromatic heterocycles. The maximum atomic E-state index is 14.0. The van der Waals surface area contributed by atoms with E-state index in [0.717, 1.165) is 25.7 Å². The van der Waals surface area contributed by atoms with Crippen LogP contribution in [0.5, 0.6) is 0 Å². The fourth-order valence-corrected chi connectivity index (χ4v) is 2.57. The normalized spacial score (nSPS) is 10.6. The highest BCUT2D eigenvalue weighted by Gasteiger charge is 2.21. The summed E-state index contributed by atoms with van der Waals surface area (Å²) in [4.78, 5) is 26.3. The molecule has 2 aromatic rings. The van der Waals surface area contributed by atoms with E-state index in [2.05, 4.69) is 17.4 Å². The Morgan fingerprint density at radius 1 is 1.23 bits per heavy atom. The summed E-state index contributed by atoms with van der Waals surface area (Å²) in [5.74, 6) is -0.635. The molecule has 0 spiro atoms. The Kier molecular flexibility index (Phi) is 7.32. The van der Waals surface area contributed by atoms with Crippen LogP contribution in [0.1, 0.15) is 48.7 Å². The molecule has 1 heterocycles. The molecule has 6 nitrogen and oxygen atoms in total. The summed E-state index contributed by atoms with van der Waals surface area (Å²) in [5.41, 5.74) is -0.0342. The van der Waals surface area contributed by atoms with Crippen LogP contribution in [-0.4, -0.2) is 35.0 Å². The molecule has 0 radical (unpaired) electrons. The third kappa shape index (κ3) is 5.68. The summed E-state index contributed by atoms with van der Waals surface area (Å²) in [6.45, 7) is 4.02. The summed E-state index contributed by atoms with van der Waals surface area (Å²) in [5, 5.41) is 6.28. The number of amides is 2. The molecule has 2 amide bonds. The van der Waals surface area contributed by atoms with Gasteiger partial charge < -0.3 is 14.7 Å². The number of nitrogens with zero attached hydrogens (tertiary/aromatic N) is 2. The Balaban J connectivity index is 2.05. The van der Waals surface area contributed by atoms with Crippen molar-refractivity contribution in [3.05, 3.63) is 47.5 Å². The summed E-state index contributed by atoms with van der Waals surface area (Å²) >= 11 is 0. The number of benzene rings is 1. The van der Waals surface area contributed by atoms with E-state index in [4.69, 9.17) is 4.52 Å². The molecule has 2 rings (SSSR count). The lowest BCUT2D eigenvalue weighted by Crippen LogP contribution is -2.39. The monoisotopic (exact) mass is 361 g/mol. The van der Waals surface area contributed by atoms with Crippen LogP contribution in [0.25, 0.3) is 0 Å². The number of nitrogens with one attached hydrogen (secondary N) is 1. The second kappa shape index (κ2) is 9.70. The van der Waals surface area contributed by atoms with Crippen LogP contribution < -0.4 is 5.32 Å². The van der Waals surface area contributed by atoms with E-state index in [0.29, 0.717) is 12.3 Å². The number of hydrogen-bond acceptors (Lipinski definition) is 4. The second-order valence-corrected chi connectivity index (χ2v) is 6.14. The van der Waals surface area contributed by atoms with Crippen LogP contribution in [-0.2, 0) is 4.79 Å². The molecule has 0 saturated carbocycles. The molecule has 0 bridgehead atoms. The molecule has 0 aliphatic heterocycles. The first-order chi connectivity index (χ1) is 12.5. The lowest BCUT2D eigenvalue weighted by molar-refractivity contribution is -0.117. The van der Waals surface area contributed by atoms with E-state index in [-0.39, 0.29) is 17.9 Å². The number of unbranched alkanes of at least 4 members (excludes halogenated alkanes) is 3. The van der Waals surface area contributed by atoms with Gasteiger partial charge in [-0.05, 0) is 25.5 Å². The van der Waals surface area contributed by atoms with Gasteiger partial charge in [-0.25, -0.2) is 4.39 Å². The van der Waals surface area contributed by atoms with Gasteiger partial charge in [-0.3, -0.25) is 9.59 Å². The molecule has 0 saturated heterocycles. The smallest absolute Gasteiger partial charge is 0.257 e. The molecule has 0 atom stereocenters. The van der Waals surface area contributed by atoms with Crippen LogP contribution in [0.4, 0.5) is 10.2 Å². The van der Waals surface area contributed by atoms with Crippen LogP contribution >= 0.6 is 0 Å². The Morgan fingerprint density at radius 3 is 2.65 bits per heavy atom. The number of carbonyl (C=O) groups excluding carboxylic acids is 2. The third-order valence-corrected chi connectivity index (χ3v) is 3.90. The van der Waals surface area contributed by atoms with Crippen molar-refractivity contribution in [1.82, 2.24) is 10.1 Å². The summed E-state index contributed by atoms with van der Waals surface area (Å²) < 4.78 is 18.9. The van der Waals surface area contributed by atoms with Gasteiger partial charge in [-0.1, -0.05) is 43.5 Å². The Morgan fingerprint density at radius 2 is 2.00 bits per heavy atom. The topological polar surface area (TPSA) is 75.4 Å². The second-order valence-electron chi connectivity index (χ2n) is 6.14. The number of aromatic nitrogens is 1. The predicted molar refractivity (Wildman–Crippen MR) is 96.3 cm³/mol. The van der Waals surface area contributed by atoms with Gasteiger partial charge in [0.25, 0.3) is 5.91 Å². The van der Waals surface area contributed by atoms with E-state index in [1.54, 1.807) is 19.1 Å². The van der Waals surface area contributed by atoms with Gasteiger partial charge in [0, 0.05) is 12.6 Å². The van der Waals surface area contributed by atoms with E-state index in [1.807, 2.05) is 0 Å². The largest absolute Gasteiger partial charge is 0.360 e. The minimum absolute atomic E-state index is 0.0342. The highest BCUT2D eigenvalue weighted by Crippen LogP contribution is 2.13. The van der Waals surface area contributed by atoms with Gasteiger partial charge in [0.05, 0.1) is 5.56 Å². The lowest BCUT2D eigenvalue weighted by Gasteiger charge is -2.22. The Hall–Kier alpha value is -2.70. The highest BCUT2D eigenvalue weighted by atomic mass is 19.1. The number of hydrogen-bond donors (Lipinski definition) is 1. The van der Waals surface area contributed by atoms with Crippen molar-refractivity contribution in [3.63, 3.8) is 0 Å². The fraction of sp³-hybridized carbons (Fsp3) is 0.421. The predicted octanol–water partition coefficient (Wildman–Crippen LogP) is 3.78. The van der Waals surface area contributed by atoms with Gasteiger partial charge in [0.15, 0.2) is 5.82 Å². The molecule has 140 valence electrons. The maximum absolute atomic E-state index is 14.0. The lowest BCUT2D eigenvalue weighted by atomic mass is 10.1. The maximum Gasteiger partial charge on any atom is 0.257 e. The number of halogens is 1.